The fourth-order valence-corrected chi connectivity index (χ4v) is 6.48. The Hall–Kier alpha value is -2.58. The Morgan fingerprint density at radius 3 is 2.79 bits per heavy atom. The smallest absolute Gasteiger partial charge is 0.226 e. The maximum absolute atomic E-state index is 12.7. The molecule has 5 rings (SSSR count). The van der Waals surface area contributed by atoms with Gasteiger partial charge in [-0.2, -0.15) is 0 Å². The number of rotatable bonds is 7. The Bertz CT molecular complexity index is 1280. The predicted molar refractivity (Wildman–Crippen MR) is 140 cm³/mol. The molecule has 3 N–H and O–H groups in total. The molecule has 0 bridgehead atoms. The van der Waals surface area contributed by atoms with Crippen molar-refractivity contribution in [2.24, 2.45) is 0 Å². The first-order valence-corrected chi connectivity index (χ1v) is 13.1. The van der Waals surface area contributed by atoms with Crippen LogP contribution in [-0.4, -0.2) is 30.0 Å². The normalized spacial score (nSPS) is 13.4. The molecule has 2 aromatic carbocycles. The number of anilines is 1. The van der Waals surface area contributed by atoms with E-state index in [9.17, 15) is 4.79 Å². The minimum atomic E-state index is 0.0448. The van der Waals surface area contributed by atoms with Crippen molar-refractivity contribution in [3.8, 4) is 21.7 Å². The van der Waals surface area contributed by atoms with E-state index in [4.69, 9.17) is 4.98 Å². The summed E-state index contributed by atoms with van der Waals surface area (Å²) in [6.07, 6.45) is 1.41. The molecule has 0 radical (unpaired) electrons. The second-order valence-electron chi connectivity index (χ2n) is 8.61. The summed E-state index contributed by atoms with van der Waals surface area (Å²) in [6.45, 7) is 6.65. The van der Waals surface area contributed by atoms with Crippen LogP contribution in [0.1, 0.15) is 30.7 Å². The van der Waals surface area contributed by atoms with Crippen molar-refractivity contribution in [1.29, 1.82) is 0 Å². The fraction of sp³-hybridized carbons (Fsp3) is 0.308. The van der Waals surface area contributed by atoms with Gasteiger partial charge in [-0.3, -0.25) is 4.79 Å². The summed E-state index contributed by atoms with van der Waals surface area (Å²) in [6, 6.07) is 17.3. The van der Waals surface area contributed by atoms with Crippen LogP contribution in [0.5, 0.6) is 0 Å². The third kappa shape index (κ3) is 4.87. The molecule has 1 aliphatic heterocycles. The second-order valence-corrected chi connectivity index (χ2v) is 10.7. The Morgan fingerprint density at radius 1 is 1.12 bits per heavy atom. The summed E-state index contributed by atoms with van der Waals surface area (Å²) in [5.41, 5.74) is 5.81. The van der Waals surface area contributed by atoms with Gasteiger partial charge in [0.25, 0.3) is 0 Å². The van der Waals surface area contributed by atoms with Gasteiger partial charge in [0.2, 0.25) is 5.91 Å². The second kappa shape index (κ2) is 9.73. The molecule has 2 aromatic heterocycles. The van der Waals surface area contributed by atoms with Gasteiger partial charge < -0.3 is 16.0 Å². The quantitative estimate of drug-likeness (QED) is 0.322. The summed E-state index contributed by atoms with van der Waals surface area (Å²) >= 11 is 3.39. The van der Waals surface area contributed by atoms with E-state index in [1.54, 1.807) is 22.7 Å². The zero-order chi connectivity index (χ0) is 22.8. The standard InChI is InChI=1S/C26H28N4OS2/c1-16(2)28-13-11-23(31)30-26-24(19-10-12-27-15-22(19)33-26)25-29-20-14-18(8-9-21(20)32-25)17-6-4-3-5-7-17/h3-9,14,16,27-28H,10-13,15H2,1-2H3,(H,30,31). The highest BCUT2D eigenvalue weighted by atomic mass is 32.1. The van der Waals surface area contributed by atoms with Crippen molar-refractivity contribution in [3.63, 3.8) is 0 Å². The average molecular weight is 477 g/mol. The topological polar surface area (TPSA) is 66.0 Å². The fourth-order valence-electron chi connectivity index (χ4n) is 4.16. The monoisotopic (exact) mass is 476 g/mol. The molecule has 0 atom stereocenters. The van der Waals surface area contributed by atoms with E-state index in [1.165, 1.54) is 21.6 Å². The van der Waals surface area contributed by atoms with E-state index in [-0.39, 0.29) is 5.91 Å². The van der Waals surface area contributed by atoms with Gasteiger partial charge in [-0.05, 0) is 41.8 Å². The molecule has 0 unspecified atom stereocenters. The number of benzene rings is 2. The van der Waals surface area contributed by atoms with E-state index >= 15 is 0 Å². The SMILES string of the molecule is CC(C)NCCC(=O)Nc1sc2c(c1-c1nc3cc(-c4ccccc4)ccc3s1)CCNC2. The van der Waals surface area contributed by atoms with Gasteiger partial charge in [-0.1, -0.05) is 50.2 Å². The minimum Gasteiger partial charge on any atom is -0.317 e. The van der Waals surface area contributed by atoms with Crippen molar-refractivity contribution in [2.45, 2.75) is 39.3 Å². The highest BCUT2D eigenvalue weighted by Crippen LogP contribution is 2.45. The van der Waals surface area contributed by atoms with E-state index < -0.39 is 0 Å². The van der Waals surface area contributed by atoms with Crippen LogP contribution >= 0.6 is 22.7 Å². The molecule has 1 aliphatic rings. The third-order valence-electron chi connectivity index (χ3n) is 5.79. The van der Waals surface area contributed by atoms with Crippen LogP contribution in [0.3, 0.4) is 0 Å². The third-order valence-corrected chi connectivity index (χ3v) is 8.00. The van der Waals surface area contributed by atoms with Crippen LogP contribution in [0.25, 0.3) is 31.9 Å². The first-order chi connectivity index (χ1) is 16.1. The Morgan fingerprint density at radius 2 is 1.97 bits per heavy atom. The molecule has 7 heteroatoms. The molecule has 0 saturated carbocycles. The van der Waals surface area contributed by atoms with Gasteiger partial charge in [0.05, 0.1) is 10.2 Å². The van der Waals surface area contributed by atoms with E-state index in [0.717, 1.165) is 45.3 Å². The lowest BCUT2D eigenvalue weighted by atomic mass is 10.0. The van der Waals surface area contributed by atoms with Gasteiger partial charge in [0.15, 0.2) is 0 Å². The van der Waals surface area contributed by atoms with Crippen molar-refractivity contribution in [1.82, 2.24) is 15.6 Å². The first kappa shape index (κ1) is 22.2. The number of aromatic nitrogens is 1. The molecular formula is C26H28N4OS2. The van der Waals surface area contributed by atoms with Gasteiger partial charge in [-0.15, -0.1) is 22.7 Å². The molecular weight excluding hydrogens is 448 g/mol. The van der Waals surface area contributed by atoms with Crippen molar-refractivity contribution < 1.29 is 4.79 Å². The molecule has 0 saturated heterocycles. The first-order valence-electron chi connectivity index (χ1n) is 11.4. The Kier molecular flexibility index (Phi) is 6.55. The Balaban J connectivity index is 1.48. The lowest BCUT2D eigenvalue weighted by Gasteiger charge is -2.13. The highest BCUT2D eigenvalue weighted by molar-refractivity contribution is 7.23. The van der Waals surface area contributed by atoms with Crippen molar-refractivity contribution in [3.05, 3.63) is 59.0 Å². The van der Waals surface area contributed by atoms with Crippen molar-refractivity contribution in [2.75, 3.05) is 18.4 Å². The molecule has 170 valence electrons. The number of amides is 1. The average Bonchev–Trinajstić information content (AvgIpc) is 3.39. The number of thiazole rings is 1. The molecule has 0 fully saturated rings. The number of hydrogen-bond acceptors (Lipinski definition) is 6. The summed E-state index contributed by atoms with van der Waals surface area (Å²) < 4.78 is 1.16. The number of hydrogen-bond donors (Lipinski definition) is 3. The molecule has 3 heterocycles. The van der Waals surface area contributed by atoms with Gasteiger partial charge in [0.1, 0.15) is 10.0 Å². The van der Waals surface area contributed by atoms with E-state index in [0.29, 0.717) is 19.0 Å². The number of nitrogens with one attached hydrogen (secondary N) is 3. The van der Waals surface area contributed by atoms with Gasteiger partial charge in [-0.25, -0.2) is 4.98 Å². The van der Waals surface area contributed by atoms with Crippen molar-refractivity contribution >= 4 is 43.8 Å². The van der Waals surface area contributed by atoms with Crippen LogP contribution < -0.4 is 16.0 Å². The highest BCUT2D eigenvalue weighted by Gasteiger charge is 2.25. The number of thiophene rings is 1. The Labute approximate surface area is 202 Å². The van der Waals surface area contributed by atoms with Crippen LogP contribution in [0.2, 0.25) is 0 Å². The minimum absolute atomic E-state index is 0.0448. The summed E-state index contributed by atoms with van der Waals surface area (Å²) in [5, 5.41) is 11.9. The zero-order valence-electron chi connectivity index (χ0n) is 18.9. The van der Waals surface area contributed by atoms with E-state index in [1.807, 2.05) is 6.07 Å². The largest absolute Gasteiger partial charge is 0.317 e. The summed E-state index contributed by atoms with van der Waals surface area (Å²) in [4.78, 5) is 19.0. The summed E-state index contributed by atoms with van der Waals surface area (Å²) in [5.74, 6) is 0.0448. The predicted octanol–water partition coefficient (Wildman–Crippen LogP) is 5.66. The van der Waals surface area contributed by atoms with Gasteiger partial charge in [0, 0.05) is 36.0 Å². The maximum Gasteiger partial charge on any atom is 0.226 e. The lowest BCUT2D eigenvalue weighted by Crippen LogP contribution is -2.27. The zero-order valence-corrected chi connectivity index (χ0v) is 20.5. The molecule has 5 nitrogen and oxygen atoms in total. The molecule has 0 spiro atoms. The molecule has 33 heavy (non-hydrogen) atoms. The molecule has 0 aliphatic carbocycles. The molecule has 4 aromatic rings. The molecule has 1 amide bonds. The van der Waals surface area contributed by atoms with Gasteiger partial charge >= 0.3 is 0 Å². The van der Waals surface area contributed by atoms with Crippen LogP contribution in [0.4, 0.5) is 5.00 Å². The van der Waals surface area contributed by atoms with Crippen LogP contribution in [0, 0.1) is 0 Å². The van der Waals surface area contributed by atoms with Crippen LogP contribution in [0.15, 0.2) is 48.5 Å². The lowest BCUT2D eigenvalue weighted by molar-refractivity contribution is -0.116. The van der Waals surface area contributed by atoms with E-state index in [2.05, 4.69) is 72.3 Å². The number of nitrogens with zero attached hydrogens (tertiary/aromatic N) is 1. The summed E-state index contributed by atoms with van der Waals surface area (Å²) in [7, 11) is 0. The van der Waals surface area contributed by atoms with Crippen LogP contribution in [-0.2, 0) is 17.8 Å². The maximum atomic E-state index is 12.7. The number of carbonyl (C=O) groups is 1. The number of fused-ring (bicyclic) bond motifs is 2. The number of carbonyl (C=O) groups excluding carboxylic acids is 1.